The van der Waals surface area contributed by atoms with Crippen LogP contribution >= 0.6 is 0 Å². The lowest BCUT2D eigenvalue weighted by Gasteiger charge is -2.41. The zero-order valence-corrected chi connectivity index (χ0v) is 8.35. The van der Waals surface area contributed by atoms with Crippen molar-refractivity contribution in [2.75, 3.05) is 6.61 Å². The fraction of sp³-hybridized carbons (Fsp3) is 0.818. The topological polar surface area (TPSA) is 38.7 Å². The van der Waals surface area contributed by atoms with Crippen LogP contribution in [0.15, 0.2) is 11.6 Å². The lowest BCUT2D eigenvalue weighted by Crippen LogP contribution is -2.47. The molecule has 0 aromatic heterocycles. The van der Waals surface area contributed by atoms with Gasteiger partial charge >= 0.3 is 0 Å². The minimum atomic E-state index is -0.428. The monoisotopic (exact) mass is 196 g/mol. The summed E-state index contributed by atoms with van der Waals surface area (Å²) in [5, 5.41) is 10.0. The van der Waals surface area contributed by atoms with Crippen molar-refractivity contribution < 1.29 is 14.6 Å². The van der Waals surface area contributed by atoms with Crippen molar-refractivity contribution in [3.8, 4) is 0 Å². The van der Waals surface area contributed by atoms with Crippen molar-refractivity contribution in [2.45, 2.75) is 38.3 Å². The van der Waals surface area contributed by atoms with Crippen LogP contribution in [-0.2, 0) is 9.47 Å². The molecule has 2 saturated heterocycles. The van der Waals surface area contributed by atoms with E-state index in [2.05, 4.69) is 13.0 Å². The number of rotatable bonds is 0. The van der Waals surface area contributed by atoms with E-state index in [-0.39, 0.29) is 12.4 Å². The molecule has 2 fully saturated rings. The molecule has 0 amide bonds. The summed E-state index contributed by atoms with van der Waals surface area (Å²) in [4.78, 5) is 0. The van der Waals surface area contributed by atoms with Crippen LogP contribution in [0.5, 0.6) is 0 Å². The van der Waals surface area contributed by atoms with E-state index >= 15 is 0 Å². The Hall–Kier alpha value is -0.380. The van der Waals surface area contributed by atoms with Gasteiger partial charge in [-0.15, -0.1) is 0 Å². The van der Waals surface area contributed by atoms with Crippen LogP contribution in [0.4, 0.5) is 0 Å². The average molecular weight is 196 g/mol. The zero-order valence-electron chi connectivity index (χ0n) is 8.35. The van der Waals surface area contributed by atoms with Crippen LogP contribution in [0.25, 0.3) is 0 Å². The second-order valence-electron chi connectivity index (χ2n) is 4.68. The number of hydrogen-bond donors (Lipinski definition) is 1. The molecule has 2 heterocycles. The molecule has 78 valence electrons. The van der Waals surface area contributed by atoms with E-state index in [0.29, 0.717) is 18.4 Å². The molecule has 3 heteroatoms. The number of aliphatic hydroxyl groups excluding tert-OH is 1. The summed E-state index contributed by atoms with van der Waals surface area (Å²) in [6, 6.07) is 0. The van der Waals surface area contributed by atoms with Gasteiger partial charge in [-0.05, 0) is 31.6 Å². The molecule has 0 radical (unpaired) electrons. The molecular weight excluding hydrogens is 180 g/mol. The molecule has 2 bridgehead atoms. The van der Waals surface area contributed by atoms with Crippen molar-refractivity contribution in [1.29, 1.82) is 0 Å². The normalized spacial score (nSPS) is 51.3. The van der Waals surface area contributed by atoms with Gasteiger partial charge in [-0.25, -0.2) is 0 Å². The van der Waals surface area contributed by atoms with Crippen molar-refractivity contribution in [2.24, 2.45) is 11.8 Å². The van der Waals surface area contributed by atoms with Crippen molar-refractivity contribution in [3.05, 3.63) is 11.6 Å². The molecule has 0 aromatic rings. The van der Waals surface area contributed by atoms with Gasteiger partial charge in [-0.2, -0.15) is 0 Å². The number of aliphatic hydroxyl groups is 1. The quantitative estimate of drug-likeness (QED) is 0.589. The van der Waals surface area contributed by atoms with E-state index < -0.39 is 6.10 Å². The van der Waals surface area contributed by atoms with Crippen LogP contribution in [0.1, 0.15) is 19.8 Å². The lowest BCUT2D eigenvalue weighted by molar-refractivity contribution is -0.194. The lowest BCUT2D eigenvalue weighted by atomic mass is 9.73. The Morgan fingerprint density at radius 2 is 2.29 bits per heavy atom. The molecule has 0 spiro atoms. The summed E-state index contributed by atoms with van der Waals surface area (Å²) in [6.45, 7) is 2.80. The van der Waals surface area contributed by atoms with Gasteiger partial charge < -0.3 is 14.6 Å². The molecule has 0 unspecified atom stereocenters. The average Bonchev–Trinajstić information content (AvgIpc) is 2.61. The van der Waals surface area contributed by atoms with Gasteiger partial charge in [0.1, 0.15) is 6.10 Å². The highest BCUT2D eigenvalue weighted by Crippen LogP contribution is 2.43. The molecular formula is C11H16O3. The minimum absolute atomic E-state index is 0.220. The Kier molecular flexibility index (Phi) is 1.94. The van der Waals surface area contributed by atoms with Crippen LogP contribution in [0, 0.1) is 11.8 Å². The molecule has 3 rings (SSSR count). The molecule has 1 aliphatic carbocycles. The van der Waals surface area contributed by atoms with Gasteiger partial charge in [0.2, 0.25) is 0 Å². The molecule has 0 saturated carbocycles. The predicted octanol–water partition coefficient (Wildman–Crippen LogP) is 1.07. The number of hydrogen-bond acceptors (Lipinski definition) is 3. The Balaban J connectivity index is 1.89. The van der Waals surface area contributed by atoms with E-state index in [1.54, 1.807) is 0 Å². The first-order valence-electron chi connectivity index (χ1n) is 5.36. The standard InChI is InChI=1S/C11H16O3/c1-6-2-3-7-8(4-6)10(12)11-13-5-9(7)14-11/h2,7-12H,3-5H2,1H3/t7-,8-,9+,10-,11+/m0/s1. The van der Waals surface area contributed by atoms with Crippen LogP contribution in [0.2, 0.25) is 0 Å². The van der Waals surface area contributed by atoms with Gasteiger partial charge in [0.05, 0.1) is 12.7 Å². The van der Waals surface area contributed by atoms with Gasteiger partial charge in [-0.1, -0.05) is 11.6 Å². The van der Waals surface area contributed by atoms with Crippen LogP contribution < -0.4 is 0 Å². The third-order valence-electron chi connectivity index (χ3n) is 3.77. The maximum Gasteiger partial charge on any atom is 0.184 e. The number of ether oxygens (including phenoxy) is 2. The van der Waals surface area contributed by atoms with E-state index in [0.717, 1.165) is 12.8 Å². The zero-order chi connectivity index (χ0) is 9.71. The molecule has 5 atom stereocenters. The fourth-order valence-electron chi connectivity index (χ4n) is 2.97. The molecule has 0 aromatic carbocycles. The van der Waals surface area contributed by atoms with Gasteiger partial charge in [0.25, 0.3) is 0 Å². The molecule has 1 N–H and O–H groups in total. The first-order chi connectivity index (χ1) is 6.75. The molecule has 3 nitrogen and oxygen atoms in total. The van der Waals surface area contributed by atoms with E-state index in [1.807, 2.05) is 0 Å². The summed E-state index contributed by atoms with van der Waals surface area (Å²) in [5.74, 6) is 0.818. The smallest absolute Gasteiger partial charge is 0.184 e. The summed E-state index contributed by atoms with van der Waals surface area (Å²) in [6.07, 6.45) is 3.75. The Bertz CT molecular complexity index is 274. The SMILES string of the molecule is CC1=CC[C@H]2[C@H](C1)[C@H](O)[C@@H]1OC[C@H]2O1. The number of fused-ring (bicyclic) bond motifs is 4. The minimum Gasteiger partial charge on any atom is -0.388 e. The summed E-state index contributed by atoms with van der Waals surface area (Å²) >= 11 is 0. The van der Waals surface area contributed by atoms with Gasteiger partial charge in [-0.3, -0.25) is 0 Å². The predicted molar refractivity (Wildman–Crippen MR) is 50.6 cm³/mol. The first kappa shape index (κ1) is 8.89. The highest BCUT2D eigenvalue weighted by atomic mass is 16.7. The fourth-order valence-corrected chi connectivity index (χ4v) is 2.97. The summed E-state index contributed by atoms with van der Waals surface area (Å²) < 4.78 is 11.0. The largest absolute Gasteiger partial charge is 0.388 e. The first-order valence-corrected chi connectivity index (χ1v) is 5.36. The van der Waals surface area contributed by atoms with Crippen molar-refractivity contribution in [3.63, 3.8) is 0 Å². The van der Waals surface area contributed by atoms with E-state index in [1.165, 1.54) is 5.57 Å². The van der Waals surface area contributed by atoms with Gasteiger partial charge in [0, 0.05) is 0 Å². The van der Waals surface area contributed by atoms with Gasteiger partial charge in [0.15, 0.2) is 6.29 Å². The highest BCUT2D eigenvalue weighted by Gasteiger charge is 2.49. The van der Waals surface area contributed by atoms with Crippen molar-refractivity contribution >= 4 is 0 Å². The third kappa shape index (κ3) is 1.16. The van der Waals surface area contributed by atoms with Crippen LogP contribution in [0.3, 0.4) is 0 Å². The summed E-state index contributed by atoms with van der Waals surface area (Å²) in [7, 11) is 0. The highest BCUT2D eigenvalue weighted by molar-refractivity contribution is 5.10. The molecule has 14 heavy (non-hydrogen) atoms. The second-order valence-corrected chi connectivity index (χ2v) is 4.68. The Morgan fingerprint density at radius 3 is 3.14 bits per heavy atom. The summed E-state index contributed by atoms with van der Waals surface area (Å²) in [5.41, 5.74) is 1.40. The Morgan fingerprint density at radius 1 is 1.43 bits per heavy atom. The second kappa shape index (κ2) is 3.05. The van der Waals surface area contributed by atoms with Crippen LogP contribution in [-0.4, -0.2) is 30.2 Å². The van der Waals surface area contributed by atoms with E-state index in [9.17, 15) is 5.11 Å². The number of allylic oxidation sites excluding steroid dienone is 2. The molecule has 2 aliphatic heterocycles. The maximum atomic E-state index is 10.0. The third-order valence-corrected chi connectivity index (χ3v) is 3.77. The molecule has 3 aliphatic rings. The maximum absolute atomic E-state index is 10.0. The van der Waals surface area contributed by atoms with Crippen molar-refractivity contribution in [1.82, 2.24) is 0 Å². The Labute approximate surface area is 83.7 Å². The van der Waals surface area contributed by atoms with E-state index in [4.69, 9.17) is 9.47 Å².